The van der Waals surface area contributed by atoms with Crippen molar-refractivity contribution in [2.24, 2.45) is 5.73 Å². The van der Waals surface area contributed by atoms with Gasteiger partial charge in [0.25, 0.3) is 0 Å². The van der Waals surface area contributed by atoms with Crippen molar-refractivity contribution < 1.29 is 9.26 Å². The summed E-state index contributed by atoms with van der Waals surface area (Å²) in [7, 11) is 0. The quantitative estimate of drug-likeness (QED) is 0.888. The van der Waals surface area contributed by atoms with Gasteiger partial charge in [0, 0.05) is 23.2 Å². The van der Waals surface area contributed by atoms with Crippen molar-refractivity contribution in [1.29, 1.82) is 0 Å². The van der Waals surface area contributed by atoms with E-state index in [0.29, 0.717) is 29.7 Å². The van der Waals surface area contributed by atoms with Crippen LogP contribution in [0.2, 0.25) is 5.02 Å². The van der Waals surface area contributed by atoms with Crippen LogP contribution in [0.4, 0.5) is 0 Å². The largest absolute Gasteiger partial charge is 0.485 e. The third-order valence-corrected chi connectivity index (χ3v) is 2.50. The van der Waals surface area contributed by atoms with Gasteiger partial charge in [-0.15, -0.1) is 0 Å². The second-order valence-corrected chi connectivity index (χ2v) is 3.60. The third-order valence-electron chi connectivity index (χ3n) is 2.14. The molecule has 0 aliphatic rings. The molecule has 0 amide bonds. The first-order valence-corrected chi connectivity index (χ1v) is 5.19. The lowest BCUT2D eigenvalue weighted by atomic mass is 10.2. The molecule has 0 aliphatic heterocycles. The van der Waals surface area contributed by atoms with E-state index in [4.69, 9.17) is 26.6 Å². The first kappa shape index (κ1) is 11.0. The molecule has 2 rings (SSSR count). The zero-order chi connectivity index (χ0) is 11.4. The van der Waals surface area contributed by atoms with Crippen molar-refractivity contribution in [3.63, 3.8) is 0 Å². The summed E-state index contributed by atoms with van der Waals surface area (Å²) in [5.41, 5.74) is 6.40. The predicted octanol–water partition coefficient (Wildman–Crippen LogP) is 2.37. The topological polar surface area (TPSA) is 61.3 Å². The van der Waals surface area contributed by atoms with E-state index in [1.807, 2.05) is 12.1 Å². The van der Waals surface area contributed by atoms with Crippen LogP contribution in [0, 0.1) is 0 Å². The molecule has 0 spiro atoms. The standard InChI is InChI=1S/C11H11ClN2O2/c12-10-2-1-3-11(9(10)6-13)15-7-8-4-5-14-16-8/h1-5H,6-7,13H2. The second kappa shape index (κ2) is 5.01. The molecule has 0 saturated heterocycles. The average Bonchev–Trinajstić information content (AvgIpc) is 2.79. The number of hydrogen-bond donors (Lipinski definition) is 1. The van der Waals surface area contributed by atoms with Gasteiger partial charge in [0.2, 0.25) is 0 Å². The minimum Gasteiger partial charge on any atom is -0.485 e. The summed E-state index contributed by atoms with van der Waals surface area (Å²) >= 11 is 5.99. The van der Waals surface area contributed by atoms with Crippen molar-refractivity contribution in [3.05, 3.63) is 46.8 Å². The Morgan fingerprint density at radius 2 is 2.25 bits per heavy atom. The summed E-state index contributed by atoms with van der Waals surface area (Å²) in [4.78, 5) is 0. The molecule has 0 aliphatic carbocycles. The molecule has 0 saturated carbocycles. The van der Waals surface area contributed by atoms with Crippen LogP contribution in [0.3, 0.4) is 0 Å². The number of benzene rings is 1. The lowest BCUT2D eigenvalue weighted by Crippen LogP contribution is -2.03. The molecule has 1 heterocycles. The fourth-order valence-corrected chi connectivity index (χ4v) is 1.58. The Hall–Kier alpha value is -1.52. The maximum Gasteiger partial charge on any atom is 0.174 e. The molecule has 1 aromatic carbocycles. The lowest BCUT2D eigenvalue weighted by Gasteiger charge is -2.09. The smallest absolute Gasteiger partial charge is 0.174 e. The zero-order valence-corrected chi connectivity index (χ0v) is 9.28. The second-order valence-electron chi connectivity index (χ2n) is 3.19. The molecular formula is C11H11ClN2O2. The monoisotopic (exact) mass is 238 g/mol. The molecule has 0 radical (unpaired) electrons. The summed E-state index contributed by atoms with van der Waals surface area (Å²) in [6, 6.07) is 7.17. The number of nitrogens with zero attached hydrogens (tertiary/aromatic N) is 1. The van der Waals surface area contributed by atoms with Gasteiger partial charge in [-0.3, -0.25) is 0 Å². The lowest BCUT2D eigenvalue weighted by molar-refractivity contribution is 0.247. The Morgan fingerprint density at radius 3 is 2.94 bits per heavy atom. The Morgan fingerprint density at radius 1 is 1.38 bits per heavy atom. The highest BCUT2D eigenvalue weighted by atomic mass is 35.5. The van der Waals surface area contributed by atoms with Gasteiger partial charge < -0.3 is 15.0 Å². The normalized spacial score (nSPS) is 10.4. The van der Waals surface area contributed by atoms with Crippen molar-refractivity contribution in [2.45, 2.75) is 13.2 Å². The maximum absolute atomic E-state index is 5.99. The molecule has 4 nitrogen and oxygen atoms in total. The number of hydrogen-bond acceptors (Lipinski definition) is 4. The maximum atomic E-state index is 5.99. The van der Waals surface area contributed by atoms with E-state index in [2.05, 4.69) is 5.16 Å². The van der Waals surface area contributed by atoms with Gasteiger partial charge in [0.1, 0.15) is 12.4 Å². The minimum absolute atomic E-state index is 0.313. The number of halogens is 1. The predicted molar refractivity (Wildman–Crippen MR) is 60.2 cm³/mol. The highest BCUT2D eigenvalue weighted by Crippen LogP contribution is 2.26. The summed E-state index contributed by atoms with van der Waals surface area (Å²) in [6.45, 7) is 0.652. The summed E-state index contributed by atoms with van der Waals surface area (Å²) in [5.74, 6) is 1.33. The highest BCUT2D eigenvalue weighted by molar-refractivity contribution is 6.31. The first-order valence-electron chi connectivity index (χ1n) is 4.81. The van der Waals surface area contributed by atoms with Crippen LogP contribution < -0.4 is 10.5 Å². The molecule has 0 fully saturated rings. The van der Waals surface area contributed by atoms with Crippen molar-refractivity contribution in [3.8, 4) is 5.75 Å². The van der Waals surface area contributed by atoms with Gasteiger partial charge in [-0.25, -0.2) is 0 Å². The van der Waals surface area contributed by atoms with E-state index in [1.165, 1.54) is 0 Å². The van der Waals surface area contributed by atoms with Gasteiger partial charge >= 0.3 is 0 Å². The Bertz CT molecular complexity index is 457. The van der Waals surface area contributed by atoms with Crippen LogP contribution in [0.1, 0.15) is 11.3 Å². The molecule has 0 bridgehead atoms. The Kier molecular flexibility index (Phi) is 3.44. The van der Waals surface area contributed by atoms with Crippen LogP contribution in [-0.4, -0.2) is 5.16 Å². The SMILES string of the molecule is NCc1c(Cl)cccc1OCc1ccno1. The van der Waals surface area contributed by atoms with E-state index >= 15 is 0 Å². The van der Waals surface area contributed by atoms with E-state index in [9.17, 15) is 0 Å². The van der Waals surface area contributed by atoms with Gasteiger partial charge in [0.05, 0.1) is 6.20 Å². The summed E-state index contributed by atoms with van der Waals surface area (Å²) in [6.07, 6.45) is 1.57. The molecule has 2 aromatic rings. The van der Waals surface area contributed by atoms with Crippen molar-refractivity contribution in [2.75, 3.05) is 0 Å². The van der Waals surface area contributed by atoms with Crippen molar-refractivity contribution in [1.82, 2.24) is 5.16 Å². The minimum atomic E-state index is 0.313. The van der Waals surface area contributed by atoms with Gasteiger partial charge in [-0.2, -0.15) is 0 Å². The number of nitrogens with two attached hydrogens (primary N) is 1. The van der Waals surface area contributed by atoms with Crippen LogP contribution in [0.5, 0.6) is 5.75 Å². The summed E-state index contributed by atoms with van der Waals surface area (Å²) < 4.78 is 10.5. The fourth-order valence-electron chi connectivity index (χ4n) is 1.34. The van der Waals surface area contributed by atoms with Crippen LogP contribution >= 0.6 is 11.6 Å². The number of aromatic nitrogens is 1. The molecule has 1 aromatic heterocycles. The molecular weight excluding hydrogens is 228 g/mol. The van der Waals surface area contributed by atoms with E-state index < -0.39 is 0 Å². The molecule has 84 valence electrons. The van der Waals surface area contributed by atoms with E-state index in [0.717, 1.165) is 5.56 Å². The van der Waals surface area contributed by atoms with Gasteiger partial charge in [0.15, 0.2) is 5.76 Å². The van der Waals surface area contributed by atoms with Crippen LogP contribution in [0.25, 0.3) is 0 Å². The Labute approximate surface area is 97.9 Å². The number of rotatable bonds is 4. The summed E-state index contributed by atoms with van der Waals surface area (Å²) in [5, 5.41) is 4.20. The molecule has 5 heteroatoms. The molecule has 2 N–H and O–H groups in total. The Balaban J connectivity index is 2.12. The molecule has 0 atom stereocenters. The fraction of sp³-hybridized carbons (Fsp3) is 0.182. The average molecular weight is 239 g/mol. The molecule has 0 unspecified atom stereocenters. The van der Waals surface area contributed by atoms with Crippen molar-refractivity contribution >= 4 is 11.6 Å². The van der Waals surface area contributed by atoms with Crippen LogP contribution in [0.15, 0.2) is 35.0 Å². The first-order chi connectivity index (χ1) is 7.81. The molecule has 16 heavy (non-hydrogen) atoms. The highest BCUT2D eigenvalue weighted by Gasteiger charge is 2.07. The van der Waals surface area contributed by atoms with Gasteiger partial charge in [-0.1, -0.05) is 22.8 Å². The van der Waals surface area contributed by atoms with E-state index in [1.54, 1.807) is 18.3 Å². The van der Waals surface area contributed by atoms with E-state index in [-0.39, 0.29) is 0 Å². The van der Waals surface area contributed by atoms with Gasteiger partial charge in [-0.05, 0) is 12.1 Å². The van der Waals surface area contributed by atoms with Crippen LogP contribution in [-0.2, 0) is 13.2 Å². The zero-order valence-electron chi connectivity index (χ0n) is 8.52. The third kappa shape index (κ3) is 2.35. The number of ether oxygens (including phenoxy) is 1.